The van der Waals surface area contributed by atoms with E-state index in [0.717, 1.165) is 11.3 Å². The number of nitrogens with zero attached hydrogens (tertiary/aromatic N) is 1. The van der Waals surface area contributed by atoms with Gasteiger partial charge in [0.25, 0.3) is 10.0 Å². The van der Waals surface area contributed by atoms with Crippen molar-refractivity contribution in [3.8, 4) is 11.5 Å². The van der Waals surface area contributed by atoms with Crippen molar-refractivity contribution >= 4 is 10.0 Å². The number of aromatic amines is 1. The van der Waals surface area contributed by atoms with Crippen LogP contribution in [0.2, 0.25) is 0 Å². The van der Waals surface area contributed by atoms with Gasteiger partial charge in [0.05, 0.1) is 6.20 Å². The minimum atomic E-state index is -3.53. The molecule has 0 amide bonds. The molecule has 0 spiro atoms. The summed E-state index contributed by atoms with van der Waals surface area (Å²) in [6.45, 7) is 1.38. The molecule has 7 nitrogen and oxygen atoms in total. The Morgan fingerprint density at radius 2 is 2.00 bits per heavy atom. The van der Waals surface area contributed by atoms with E-state index >= 15 is 0 Å². The summed E-state index contributed by atoms with van der Waals surface area (Å²) >= 11 is 0. The number of benzene rings is 1. The lowest BCUT2D eigenvalue weighted by molar-refractivity contribution is 0.171. The topological polar surface area (TPSA) is 93.3 Å². The number of H-pyrrole nitrogens is 1. The summed E-state index contributed by atoms with van der Waals surface area (Å²) < 4.78 is 37.2. The smallest absolute Gasteiger partial charge is 0.257 e. The Morgan fingerprint density at radius 1 is 1.19 bits per heavy atom. The van der Waals surface area contributed by atoms with E-state index in [-0.39, 0.29) is 5.03 Å². The number of nitrogens with one attached hydrogen (secondary N) is 2. The van der Waals surface area contributed by atoms with E-state index in [4.69, 9.17) is 9.47 Å². The van der Waals surface area contributed by atoms with Crippen LogP contribution in [0.15, 0.2) is 35.5 Å². The fourth-order valence-corrected chi connectivity index (χ4v) is 2.98. The molecule has 0 bridgehead atoms. The lowest BCUT2D eigenvalue weighted by atomic mass is 10.1. The predicted molar refractivity (Wildman–Crippen MR) is 74.9 cm³/mol. The van der Waals surface area contributed by atoms with Crippen molar-refractivity contribution in [2.75, 3.05) is 19.8 Å². The Kier molecular flexibility index (Phi) is 3.80. The second-order valence-corrected chi connectivity index (χ2v) is 6.28. The average molecular weight is 309 g/mol. The molecule has 0 atom stereocenters. The highest BCUT2D eigenvalue weighted by atomic mass is 32.2. The maximum Gasteiger partial charge on any atom is 0.257 e. The van der Waals surface area contributed by atoms with Crippen LogP contribution in [-0.2, 0) is 16.4 Å². The number of rotatable bonds is 5. The highest BCUT2D eigenvalue weighted by Gasteiger charge is 2.15. The molecule has 0 aliphatic carbocycles. The van der Waals surface area contributed by atoms with Crippen molar-refractivity contribution in [3.05, 3.63) is 36.0 Å². The van der Waals surface area contributed by atoms with Gasteiger partial charge in [-0.15, -0.1) is 0 Å². The van der Waals surface area contributed by atoms with Gasteiger partial charge < -0.3 is 9.47 Å². The molecule has 112 valence electrons. The van der Waals surface area contributed by atoms with Crippen LogP contribution in [0.5, 0.6) is 11.5 Å². The molecule has 3 rings (SSSR count). The zero-order valence-electron chi connectivity index (χ0n) is 11.2. The normalized spacial score (nSPS) is 14.1. The van der Waals surface area contributed by atoms with Crippen LogP contribution in [-0.4, -0.2) is 38.4 Å². The molecule has 8 heteroatoms. The van der Waals surface area contributed by atoms with Gasteiger partial charge in [0.1, 0.15) is 13.2 Å². The quantitative estimate of drug-likeness (QED) is 0.848. The summed E-state index contributed by atoms with van der Waals surface area (Å²) in [6.07, 6.45) is 1.96. The standard InChI is InChI=1S/C13H15N3O4S/c17-21(18,13-4-5-14-16-13)15-6-3-10-1-2-11-12(9-10)20-8-7-19-11/h1-2,4-5,9,15H,3,6-8H2,(H,14,16). The van der Waals surface area contributed by atoms with Crippen molar-refractivity contribution in [2.45, 2.75) is 11.4 Å². The van der Waals surface area contributed by atoms with E-state index in [0.29, 0.717) is 31.9 Å². The summed E-state index contributed by atoms with van der Waals surface area (Å²) in [5.41, 5.74) is 0.978. The Bertz CT molecular complexity index is 713. The minimum Gasteiger partial charge on any atom is -0.486 e. The first-order valence-electron chi connectivity index (χ1n) is 6.53. The van der Waals surface area contributed by atoms with E-state index < -0.39 is 10.0 Å². The molecule has 2 heterocycles. The molecule has 0 saturated carbocycles. The summed E-state index contributed by atoms with van der Waals surface area (Å²) in [5, 5.41) is 6.12. The van der Waals surface area contributed by atoms with Crippen molar-refractivity contribution in [1.82, 2.24) is 14.9 Å². The van der Waals surface area contributed by atoms with Gasteiger partial charge in [0.15, 0.2) is 16.5 Å². The summed E-state index contributed by atoms with van der Waals surface area (Å²) in [6, 6.07) is 7.02. The predicted octanol–water partition coefficient (Wildman–Crippen LogP) is 0.702. The van der Waals surface area contributed by atoms with Crippen molar-refractivity contribution in [3.63, 3.8) is 0 Å². The number of ether oxygens (including phenoxy) is 2. The number of aromatic nitrogens is 2. The number of sulfonamides is 1. The van der Waals surface area contributed by atoms with Crippen LogP contribution in [0.4, 0.5) is 0 Å². The number of fused-ring (bicyclic) bond motifs is 1. The van der Waals surface area contributed by atoms with Gasteiger partial charge in [0.2, 0.25) is 0 Å². The van der Waals surface area contributed by atoms with Crippen LogP contribution in [0.3, 0.4) is 0 Å². The number of hydrogen-bond acceptors (Lipinski definition) is 5. The van der Waals surface area contributed by atoms with Crippen molar-refractivity contribution in [2.24, 2.45) is 0 Å². The lowest BCUT2D eigenvalue weighted by Crippen LogP contribution is -2.26. The van der Waals surface area contributed by atoms with Crippen LogP contribution in [0, 0.1) is 0 Å². The molecule has 1 aromatic heterocycles. The molecular weight excluding hydrogens is 294 g/mol. The number of hydrogen-bond donors (Lipinski definition) is 2. The second-order valence-electron chi connectivity index (χ2n) is 4.55. The van der Waals surface area contributed by atoms with Crippen molar-refractivity contribution < 1.29 is 17.9 Å². The molecule has 0 saturated heterocycles. The Balaban J connectivity index is 1.61. The van der Waals surface area contributed by atoms with E-state index in [2.05, 4.69) is 14.9 Å². The fraction of sp³-hybridized carbons (Fsp3) is 0.308. The first kappa shape index (κ1) is 13.9. The third-order valence-electron chi connectivity index (χ3n) is 3.08. The highest BCUT2D eigenvalue weighted by Crippen LogP contribution is 2.30. The van der Waals surface area contributed by atoms with Gasteiger partial charge in [-0.1, -0.05) is 6.07 Å². The minimum absolute atomic E-state index is 0.0599. The van der Waals surface area contributed by atoms with Crippen molar-refractivity contribution in [1.29, 1.82) is 0 Å². The second kappa shape index (κ2) is 5.74. The van der Waals surface area contributed by atoms with Crippen LogP contribution in [0.1, 0.15) is 5.56 Å². The summed E-state index contributed by atoms with van der Waals surface area (Å²) in [4.78, 5) is 0. The van der Waals surface area contributed by atoms with Crippen LogP contribution >= 0.6 is 0 Å². The maximum atomic E-state index is 11.9. The largest absolute Gasteiger partial charge is 0.486 e. The molecule has 0 fully saturated rings. The molecule has 0 unspecified atom stereocenters. The van der Waals surface area contributed by atoms with Gasteiger partial charge in [0, 0.05) is 6.54 Å². The third-order valence-corrected chi connectivity index (χ3v) is 4.47. The first-order chi connectivity index (χ1) is 10.1. The zero-order valence-corrected chi connectivity index (χ0v) is 12.0. The monoisotopic (exact) mass is 309 g/mol. The van der Waals surface area contributed by atoms with Gasteiger partial charge in [-0.3, -0.25) is 5.10 Å². The van der Waals surface area contributed by atoms with Crippen LogP contribution < -0.4 is 14.2 Å². The molecule has 1 aromatic carbocycles. The van der Waals surface area contributed by atoms with E-state index in [1.165, 1.54) is 12.3 Å². The van der Waals surface area contributed by atoms with Gasteiger partial charge in [-0.2, -0.15) is 5.10 Å². The Morgan fingerprint density at radius 3 is 2.76 bits per heavy atom. The maximum absolute atomic E-state index is 11.9. The fourth-order valence-electron chi connectivity index (χ4n) is 2.04. The van der Waals surface area contributed by atoms with E-state index in [1.54, 1.807) is 0 Å². The highest BCUT2D eigenvalue weighted by molar-refractivity contribution is 7.89. The van der Waals surface area contributed by atoms with E-state index in [9.17, 15) is 8.42 Å². The van der Waals surface area contributed by atoms with Gasteiger partial charge >= 0.3 is 0 Å². The summed E-state index contributed by atoms with van der Waals surface area (Å²) in [5.74, 6) is 1.43. The molecular formula is C13H15N3O4S. The van der Waals surface area contributed by atoms with Crippen LogP contribution in [0.25, 0.3) is 0 Å². The molecule has 2 N–H and O–H groups in total. The third kappa shape index (κ3) is 3.17. The molecule has 0 radical (unpaired) electrons. The van der Waals surface area contributed by atoms with Gasteiger partial charge in [-0.25, -0.2) is 13.1 Å². The zero-order chi connectivity index (χ0) is 14.7. The molecule has 2 aromatic rings. The average Bonchev–Trinajstić information content (AvgIpc) is 3.02. The molecule has 21 heavy (non-hydrogen) atoms. The first-order valence-corrected chi connectivity index (χ1v) is 8.01. The van der Waals surface area contributed by atoms with Gasteiger partial charge in [-0.05, 0) is 30.2 Å². The SMILES string of the molecule is O=S(=O)(NCCc1ccc2c(c1)OCCO2)c1ccn[nH]1. The Labute approximate surface area is 122 Å². The molecule has 1 aliphatic rings. The molecule has 1 aliphatic heterocycles. The Hall–Kier alpha value is -2.06. The lowest BCUT2D eigenvalue weighted by Gasteiger charge is -2.18. The van der Waals surface area contributed by atoms with E-state index in [1.807, 2.05) is 18.2 Å². The summed E-state index contributed by atoms with van der Waals surface area (Å²) in [7, 11) is -3.53.